The summed E-state index contributed by atoms with van der Waals surface area (Å²) < 4.78 is 0. The summed E-state index contributed by atoms with van der Waals surface area (Å²) in [4.78, 5) is 30.8. The third-order valence-electron chi connectivity index (χ3n) is 6.04. The number of rotatable bonds is 6. The molecule has 6 heteroatoms. The first-order chi connectivity index (χ1) is 13.5. The topological polar surface area (TPSA) is 55.9 Å². The molecule has 2 fully saturated rings. The van der Waals surface area contributed by atoms with Gasteiger partial charge in [-0.15, -0.1) is 0 Å². The lowest BCUT2D eigenvalue weighted by Gasteiger charge is -2.40. The van der Waals surface area contributed by atoms with Gasteiger partial charge in [0.05, 0.1) is 5.92 Å². The standard InChI is InChI=1S/C22H34N4O2/c1-18(27)26-12-6-10-20(16-26)22(28)23-11-7-13-25-15-14-24(2)17-21(25)19-8-4-3-5-9-19/h3-5,8-9,20-21H,6-7,10-17H2,1-2H3,(H,23,28)/t20-,21-/m1/s1. The molecule has 0 bridgehead atoms. The van der Waals surface area contributed by atoms with E-state index < -0.39 is 0 Å². The summed E-state index contributed by atoms with van der Waals surface area (Å²) in [5.41, 5.74) is 1.37. The van der Waals surface area contributed by atoms with Crippen LogP contribution in [0.2, 0.25) is 0 Å². The number of nitrogens with one attached hydrogen (secondary N) is 1. The van der Waals surface area contributed by atoms with Crippen molar-refractivity contribution in [3.05, 3.63) is 35.9 Å². The van der Waals surface area contributed by atoms with Gasteiger partial charge >= 0.3 is 0 Å². The van der Waals surface area contributed by atoms with Crippen LogP contribution in [0, 0.1) is 5.92 Å². The Balaban J connectivity index is 1.44. The van der Waals surface area contributed by atoms with E-state index in [0.29, 0.717) is 19.1 Å². The number of amides is 2. The number of carbonyl (C=O) groups excluding carboxylic acids is 2. The first-order valence-corrected chi connectivity index (χ1v) is 10.6. The minimum Gasteiger partial charge on any atom is -0.356 e. The Labute approximate surface area is 168 Å². The minimum absolute atomic E-state index is 0.0571. The molecule has 1 aromatic rings. The van der Waals surface area contributed by atoms with Crippen molar-refractivity contribution in [2.75, 3.05) is 52.9 Å². The van der Waals surface area contributed by atoms with Crippen molar-refractivity contribution in [2.45, 2.75) is 32.2 Å². The van der Waals surface area contributed by atoms with Crippen molar-refractivity contribution >= 4 is 11.8 Å². The molecule has 2 aliphatic rings. The first kappa shape index (κ1) is 20.8. The zero-order valence-corrected chi connectivity index (χ0v) is 17.3. The second-order valence-electron chi connectivity index (χ2n) is 8.17. The maximum absolute atomic E-state index is 12.5. The summed E-state index contributed by atoms with van der Waals surface area (Å²) >= 11 is 0. The highest BCUT2D eigenvalue weighted by Gasteiger charge is 2.28. The Morgan fingerprint density at radius 3 is 2.64 bits per heavy atom. The average molecular weight is 387 g/mol. The van der Waals surface area contributed by atoms with Crippen LogP contribution in [0.25, 0.3) is 0 Å². The Hall–Kier alpha value is -1.92. The molecule has 2 atom stereocenters. The van der Waals surface area contributed by atoms with Crippen LogP contribution in [0.1, 0.15) is 37.8 Å². The molecule has 0 spiro atoms. The molecule has 0 unspecified atom stereocenters. The number of likely N-dealkylation sites (N-methyl/N-ethyl adjacent to an activating group) is 1. The predicted molar refractivity (Wildman–Crippen MR) is 111 cm³/mol. The molecule has 0 aromatic heterocycles. The molecule has 2 aliphatic heterocycles. The van der Waals surface area contributed by atoms with Crippen LogP contribution >= 0.6 is 0 Å². The van der Waals surface area contributed by atoms with Gasteiger partial charge in [0.2, 0.25) is 11.8 Å². The smallest absolute Gasteiger partial charge is 0.224 e. The van der Waals surface area contributed by atoms with Crippen molar-refractivity contribution in [2.24, 2.45) is 5.92 Å². The van der Waals surface area contributed by atoms with Crippen molar-refractivity contribution in [3.63, 3.8) is 0 Å². The van der Waals surface area contributed by atoms with Gasteiger partial charge in [0.1, 0.15) is 0 Å². The molecule has 0 aliphatic carbocycles. The zero-order valence-electron chi connectivity index (χ0n) is 17.3. The molecule has 2 amide bonds. The lowest BCUT2D eigenvalue weighted by molar-refractivity contribution is -0.133. The van der Waals surface area contributed by atoms with E-state index in [0.717, 1.165) is 52.0 Å². The van der Waals surface area contributed by atoms with Crippen molar-refractivity contribution in [1.29, 1.82) is 0 Å². The van der Waals surface area contributed by atoms with Crippen molar-refractivity contribution < 1.29 is 9.59 Å². The van der Waals surface area contributed by atoms with Gasteiger partial charge in [0.15, 0.2) is 0 Å². The van der Waals surface area contributed by atoms with Crippen molar-refractivity contribution in [1.82, 2.24) is 20.0 Å². The molecule has 1 aromatic carbocycles. The fraction of sp³-hybridized carbons (Fsp3) is 0.636. The quantitative estimate of drug-likeness (QED) is 0.757. The lowest BCUT2D eigenvalue weighted by atomic mass is 9.97. The first-order valence-electron chi connectivity index (χ1n) is 10.6. The molecule has 0 radical (unpaired) electrons. The molecule has 28 heavy (non-hydrogen) atoms. The van der Waals surface area contributed by atoms with Gasteiger partial charge in [-0.1, -0.05) is 30.3 Å². The summed E-state index contributed by atoms with van der Waals surface area (Å²) in [6.45, 7) is 7.79. The van der Waals surface area contributed by atoms with Crippen molar-refractivity contribution in [3.8, 4) is 0 Å². The third-order valence-corrected chi connectivity index (χ3v) is 6.04. The monoisotopic (exact) mass is 386 g/mol. The fourth-order valence-electron chi connectivity index (χ4n) is 4.33. The Morgan fingerprint density at radius 1 is 1.11 bits per heavy atom. The SMILES string of the molecule is CC(=O)N1CCC[C@@H](C(=O)NCCCN2CCN(C)C[C@@H]2c2ccccc2)C1. The normalized spacial score (nSPS) is 24.1. The molecule has 2 saturated heterocycles. The summed E-state index contributed by atoms with van der Waals surface area (Å²) in [7, 11) is 2.18. The molecule has 3 rings (SSSR count). The van der Waals surface area contributed by atoms with Gasteiger partial charge in [-0.25, -0.2) is 0 Å². The second-order valence-corrected chi connectivity index (χ2v) is 8.17. The van der Waals surface area contributed by atoms with Crippen LogP contribution in [0.15, 0.2) is 30.3 Å². The van der Waals surface area contributed by atoms with Crippen LogP contribution in [-0.4, -0.2) is 79.4 Å². The number of likely N-dealkylation sites (tertiary alicyclic amines) is 1. The number of hydrogen-bond acceptors (Lipinski definition) is 4. The van der Waals surface area contributed by atoms with E-state index >= 15 is 0 Å². The molecule has 154 valence electrons. The fourth-order valence-corrected chi connectivity index (χ4v) is 4.33. The maximum atomic E-state index is 12.5. The van der Waals surface area contributed by atoms with E-state index in [1.54, 1.807) is 11.8 Å². The number of hydrogen-bond donors (Lipinski definition) is 1. The van der Waals surface area contributed by atoms with E-state index in [4.69, 9.17) is 0 Å². The maximum Gasteiger partial charge on any atom is 0.224 e. The van der Waals surface area contributed by atoms with Gasteiger partial charge in [-0.2, -0.15) is 0 Å². The van der Waals surface area contributed by atoms with Crippen LogP contribution in [-0.2, 0) is 9.59 Å². The minimum atomic E-state index is -0.0571. The van der Waals surface area contributed by atoms with E-state index in [-0.39, 0.29) is 17.7 Å². The van der Waals surface area contributed by atoms with E-state index in [1.807, 2.05) is 0 Å². The Morgan fingerprint density at radius 2 is 1.89 bits per heavy atom. The molecule has 6 nitrogen and oxygen atoms in total. The number of piperazine rings is 1. The second kappa shape index (κ2) is 10.0. The van der Waals surface area contributed by atoms with Gasteiger partial charge in [-0.05, 0) is 31.9 Å². The van der Waals surface area contributed by atoms with Gasteiger partial charge in [-0.3, -0.25) is 14.5 Å². The third kappa shape index (κ3) is 5.55. The van der Waals surface area contributed by atoms with E-state index in [9.17, 15) is 9.59 Å². The molecule has 1 N–H and O–H groups in total. The highest BCUT2D eigenvalue weighted by molar-refractivity contribution is 5.80. The average Bonchev–Trinajstić information content (AvgIpc) is 2.72. The Kier molecular flexibility index (Phi) is 7.45. The van der Waals surface area contributed by atoms with E-state index in [1.165, 1.54) is 5.56 Å². The number of benzene rings is 1. The number of nitrogens with zero attached hydrogens (tertiary/aromatic N) is 3. The molecule has 0 saturated carbocycles. The van der Waals surface area contributed by atoms with Crippen LogP contribution in [0.5, 0.6) is 0 Å². The summed E-state index contributed by atoms with van der Waals surface area (Å²) in [5.74, 6) is 0.113. The van der Waals surface area contributed by atoms with Crippen LogP contribution in [0.4, 0.5) is 0 Å². The summed E-state index contributed by atoms with van der Waals surface area (Å²) in [6.07, 6.45) is 2.74. The van der Waals surface area contributed by atoms with Crippen LogP contribution < -0.4 is 5.32 Å². The highest BCUT2D eigenvalue weighted by atomic mass is 16.2. The lowest BCUT2D eigenvalue weighted by Crippen LogP contribution is -2.48. The highest BCUT2D eigenvalue weighted by Crippen LogP contribution is 2.24. The van der Waals surface area contributed by atoms with Gasteiger partial charge < -0.3 is 15.1 Å². The van der Waals surface area contributed by atoms with Gasteiger partial charge in [0, 0.05) is 58.8 Å². The molecule has 2 heterocycles. The molecular weight excluding hydrogens is 352 g/mol. The zero-order chi connectivity index (χ0) is 19.9. The summed E-state index contributed by atoms with van der Waals surface area (Å²) in [5, 5.41) is 3.10. The van der Waals surface area contributed by atoms with Crippen LogP contribution in [0.3, 0.4) is 0 Å². The van der Waals surface area contributed by atoms with Gasteiger partial charge in [0.25, 0.3) is 0 Å². The predicted octanol–water partition coefficient (Wildman–Crippen LogP) is 1.74. The van der Waals surface area contributed by atoms with E-state index in [2.05, 4.69) is 52.5 Å². The largest absolute Gasteiger partial charge is 0.356 e. The number of piperidine rings is 1. The molecular formula is C22H34N4O2. The Bertz CT molecular complexity index is 651. The number of carbonyl (C=O) groups is 2. The summed E-state index contributed by atoms with van der Waals surface area (Å²) in [6, 6.07) is 11.1.